The van der Waals surface area contributed by atoms with Crippen LogP contribution in [0.2, 0.25) is 0 Å². The van der Waals surface area contributed by atoms with Crippen molar-refractivity contribution < 1.29 is 9.90 Å². The molecule has 0 radical (unpaired) electrons. The van der Waals surface area contributed by atoms with Gasteiger partial charge in [-0.05, 0) is 49.4 Å². The van der Waals surface area contributed by atoms with E-state index in [0.717, 1.165) is 31.2 Å². The second-order valence-electron chi connectivity index (χ2n) is 8.66. The van der Waals surface area contributed by atoms with Gasteiger partial charge in [0.2, 0.25) is 0 Å². The number of rotatable bonds is 3. The Bertz CT molecular complexity index is 559. The molecule has 1 aromatic carbocycles. The van der Waals surface area contributed by atoms with Crippen LogP contribution in [0.3, 0.4) is 0 Å². The molecule has 2 heteroatoms. The molecule has 2 aliphatic rings. The van der Waals surface area contributed by atoms with Crippen molar-refractivity contribution >= 4 is 5.78 Å². The van der Waals surface area contributed by atoms with Crippen LogP contribution in [-0.2, 0) is 0 Å². The summed E-state index contributed by atoms with van der Waals surface area (Å²) in [6, 6.07) is 9.50. The molecule has 1 N–H and O–H groups in total. The van der Waals surface area contributed by atoms with Crippen molar-refractivity contribution in [2.45, 2.75) is 77.7 Å². The molecule has 2 saturated carbocycles. The van der Waals surface area contributed by atoms with Crippen LogP contribution in [0.1, 0.15) is 82.0 Å². The Morgan fingerprint density at radius 3 is 2.17 bits per heavy atom. The van der Waals surface area contributed by atoms with Gasteiger partial charge in [0.1, 0.15) is 0 Å². The fourth-order valence-corrected chi connectivity index (χ4v) is 5.12. The van der Waals surface area contributed by atoms with Crippen LogP contribution in [0.15, 0.2) is 30.3 Å². The number of aliphatic hydroxyl groups excluding tert-OH is 1. The normalized spacial score (nSPS) is 33.6. The molecular weight excluding hydrogens is 296 g/mol. The molecule has 0 amide bonds. The summed E-state index contributed by atoms with van der Waals surface area (Å²) in [5.74, 6) is -0.109. The van der Waals surface area contributed by atoms with E-state index in [1.54, 1.807) is 0 Å². The van der Waals surface area contributed by atoms with Crippen LogP contribution < -0.4 is 0 Å². The highest BCUT2D eigenvalue weighted by molar-refractivity contribution is 5.98. The largest absolute Gasteiger partial charge is 0.392 e. The van der Waals surface area contributed by atoms with Crippen LogP contribution in [0, 0.1) is 16.7 Å². The van der Waals surface area contributed by atoms with E-state index in [-0.39, 0.29) is 17.1 Å². The van der Waals surface area contributed by atoms with E-state index in [1.165, 1.54) is 32.1 Å². The van der Waals surface area contributed by atoms with E-state index >= 15 is 0 Å². The van der Waals surface area contributed by atoms with Crippen molar-refractivity contribution in [1.82, 2.24) is 0 Å². The highest BCUT2D eigenvalue weighted by Crippen LogP contribution is 2.56. The molecule has 132 valence electrons. The Labute approximate surface area is 146 Å². The molecule has 0 aromatic heterocycles. The molecule has 2 aliphatic carbocycles. The maximum atomic E-state index is 12.9. The number of benzene rings is 1. The molecule has 0 aliphatic heterocycles. The quantitative estimate of drug-likeness (QED) is 0.596. The standard InChI is InChI=1S/C22H32O2/c1-21(13-7-4-8-14-21)22(2)15-11-18(19(23)12-16-22)20(24)17-9-5-3-6-10-17/h3,5-6,9-10,18-19,23H,4,7-8,11-16H2,1-2H3. The zero-order valence-electron chi connectivity index (χ0n) is 15.3. The SMILES string of the molecule is CC1(C2(C)CCC(O)C(C(=O)c3ccccc3)CC2)CCCCC1. The molecule has 0 bridgehead atoms. The minimum absolute atomic E-state index is 0.126. The number of ketones is 1. The molecule has 3 atom stereocenters. The Kier molecular flexibility index (Phi) is 5.15. The van der Waals surface area contributed by atoms with Gasteiger partial charge in [-0.1, -0.05) is 63.4 Å². The molecule has 0 spiro atoms. The Hall–Kier alpha value is -1.15. The summed E-state index contributed by atoms with van der Waals surface area (Å²) >= 11 is 0. The van der Waals surface area contributed by atoms with Gasteiger partial charge in [-0.3, -0.25) is 4.79 Å². The van der Waals surface area contributed by atoms with Gasteiger partial charge in [-0.25, -0.2) is 0 Å². The van der Waals surface area contributed by atoms with Crippen LogP contribution in [0.25, 0.3) is 0 Å². The van der Waals surface area contributed by atoms with E-state index in [2.05, 4.69) is 13.8 Å². The minimum atomic E-state index is -0.494. The third-order valence-corrected chi connectivity index (χ3v) is 7.27. The van der Waals surface area contributed by atoms with Crippen molar-refractivity contribution in [3.63, 3.8) is 0 Å². The monoisotopic (exact) mass is 328 g/mol. The van der Waals surface area contributed by atoms with E-state index in [9.17, 15) is 9.90 Å². The lowest BCUT2D eigenvalue weighted by molar-refractivity contribution is 0.0111. The first-order chi connectivity index (χ1) is 11.5. The zero-order chi connectivity index (χ0) is 17.2. The first-order valence-corrected chi connectivity index (χ1v) is 9.73. The van der Waals surface area contributed by atoms with Crippen molar-refractivity contribution in [2.24, 2.45) is 16.7 Å². The van der Waals surface area contributed by atoms with Gasteiger partial charge in [0.25, 0.3) is 0 Å². The maximum absolute atomic E-state index is 12.9. The summed E-state index contributed by atoms with van der Waals surface area (Å²) in [6.45, 7) is 4.87. The van der Waals surface area contributed by atoms with Crippen molar-refractivity contribution in [3.05, 3.63) is 35.9 Å². The van der Waals surface area contributed by atoms with Gasteiger partial charge < -0.3 is 5.11 Å². The average molecular weight is 328 g/mol. The third-order valence-electron chi connectivity index (χ3n) is 7.27. The Balaban J connectivity index is 1.76. The fraction of sp³-hybridized carbons (Fsp3) is 0.682. The van der Waals surface area contributed by atoms with Crippen LogP contribution in [-0.4, -0.2) is 17.0 Å². The number of hydrogen-bond acceptors (Lipinski definition) is 2. The molecule has 1 aromatic rings. The van der Waals surface area contributed by atoms with E-state index in [4.69, 9.17) is 0 Å². The Morgan fingerprint density at radius 2 is 1.50 bits per heavy atom. The lowest BCUT2D eigenvalue weighted by Crippen LogP contribution is -2.39. The molecule has 2 nitrogen and oxygen atoms in total. The lowest BCUT2D eigenvalue weighted by Gasteiger charge is -2.49. The summed E-state index contributed by atoms with van der Waals surface area (Å²) < 4.78 is 0. The van der Waals surface area contributed by atoms with Gasteiger partial charge in [0, 0.05) is 11.5 Å². The average Bonchev–Trinajstić information content (AvgIpc) is 2.76. The van der Waals surface area contributed by atoms with Gasteiger partial charge in [-0.15, -0.1) is 0 Å². The number of carbonyl (C=O) groups is 1. The van der Waals surface area contributed by atoms with Gasteiger partial charge in [0.15, 0.2) is 5.78 Å². The number of aliphatic hydroxyl groups is 1. The zero-order valence-corrected chi connectivity index (χ0v) is 15.3. The van der Waals surface area contributed by atoms with Crippen LogP contribution in [0.5, 0.6) is 0 Å². The van der Waals surface area contributed by atoms with Crippen molar-refractivity contribution in [1.29, 1.82) is 0 Å². The lowest BCUT2D eigenvalue weighted by atomic mass is 9.56. The molecule has 3 rings (SSSR count). The Morgan fingerprint density at radius 1 is 0.917 bits per heavy atom. The van der Waals surface area contributed by atoms with Crippen molar-refractivity contribution in [3.8, 4) is 0 Å². The fourth-order valence-electron chi connectivity index (χ4n) is 5.12. The second kappa shape index (κ2) is 7.00. The molecule has 2 fully saturated rings. The van der Waals surface area contributed by atoms with E-state index < -0.39 is 6.10 Å². The third kappa shape index (κ3) is 3.31. The second-order valence-corrected chi connectivity index (χ2v) is 8.66. The molecule has 0 heterocycles. The molecule has 3 unspecified atom stereocenters. The van der Waals surface area contributed by atoms with E-state index in [1.807, 2.05) is 30.3 Å². The van der Waals surface area contributed by atoms with Crippen LogP contribution >= 0.6 is 0 Å². The first kappa shape index (κ1) is 17.7. The highest BCUT2D eigenvalue weighted by Gasteiger charge is 2.47. The first-order valence-electron chi connectivity index (χ1n) is 9.73. The van der Waals surface area contributed by atoms with Gasteiger partial charge in [0.05, 0.1) is 6.10 Å². The summed E-state index contributed by atoms with van der Waals surface area (Å²) in [7, 11) is 0. The topological polar surface area (TPSA) is 37.3 Å². The maximum Gasteiger partial charge on any atom is 0.168 e. The molecule has 24 heavy (non-hydrogen) atoms. The summed E-state index contributed by atoms with van der Waals surface area (Å²) in [5.41, 5.74) is 1.37. The van der Waals surface area contributed by atoms with Crippen molar-refractivity contribution in [2.75, 3.05) is 0 Å². The molecule has 0 saturated heterocycles. The van der Waals surface area contributed by atoms with Gasteiger partial charge >= 0.3 is 0 Å². The number of hydrogen-bond donors (Lipinski definition) is 1. The predicted octanol–water partition coefficient (Wildman–Crippen LogP) is 5.40. The minimum Gasteiger partial charge on any atom is -0.392 e. The smallest absolute Gasteiger partial charge is 0.168 e. The van der Waals surface area contributed by atoms with Crippen LogP contribution in [0.4, 0.5) is 0 Å². The van der Waals surface area contributed by atoms with E-state index in [0.29, 0.717) is 5.41 Å². The summed E-state index contributed by atoms with van der Waals surface area (Å²) in [4.78, 5) is 12.9. The predicted molar refractivity (Wildman–Crippen MR) is 98.0 cm³/mol. The summed E-state index contributed by atoms with van der Waals surface area (Å²) in [6.07, 6.45) is 9.83. The number of Topliss-reactive ketones (excluding diaryl/α,β-unsaturated/α-hetero) is 1. The van der Waals surface area contributed by atoms with Gasteiger partial charge in [-0.2, -0.15) is 0 Å². The number of carbonyl (C=O) groups excluding carboxylic acids is 1. The highest BCUT2D eigenvalue weighted by atomic mass is 16.3. The molecular formula is C22H32O2. The summed E-state index contributed by atoms with van der Waals surface area (Å²) in [5, 5.41) is 10.7.